The van der Waals surface area contributed by atoms with Crippen molar-refractivity contribution in [3.63, 3.8) is 0 Å². The lowest BCUT2D eigenvalue weighted by atomic mass is 10.4. The van der Waals surface area contributed by atoms with Gasteiger partial charge in [0.1, 0.15) is 4.32 Å². The second kappa shape index (κ2) is 5.12. The normalized spacial score (nSPS) is 8.36. The fourth-order valence-corrected chi connectivity index (χ4v) is 1.42. The largest absolute Gasteiger partial charge is 0.384 e. The van der Waals surface area contributed by atoms with Gasteiger partial charge in [0.05, 0.1) is 0 Å². The number of hydrogen-bond donors (Lipinski definition) is 2. The SMILES string of the molecule is N.NC(=S)Sc1ccccc1. The lowest BCUT2D eigenvalue weighted by molar-refractivity contribution is 1.47. The van der Waals surface area contributed by atoms with Gasteiger partial charge in [-0.25, -0.2) is 0 Å². The first-order valence-corrected chi connectivity index (χ1v) is 4.04. The van der Waals surface area contributed by atoms with Crippen molar-refractivity contribution in [3.8, 4) is 0 Å². The molecule has 11 heavy (non-hydrogen) atoms. The van der Waals surface area contributed by atoms with E-state index in [9.17, 15) is 0 Å². The van der Waals surface area contributed by atoms with E-state index in [2.05, 4.69) is 0 Å². The molecule has 2 nitrogen and oxygen atoms in total. The van der Waals surface area contributed by atoms with Crippen LogP contribution in [0.4, 0.5) is 0 Å². The van der Waals surface area contributed by atoms with Crippen molar-refractivity contribution >= 4 is 28.3 Å². The van der Waals surface area contributed by atoms with E-state index in [1.54, 1.807) is 0 Å². The highest BCUT2D eigenvalue weighted by atomic mass is 32.2. The van der Waals surface area contributed by atoms with E-state index < -0.39 is 0 Å². The number of nitrogens with two attached hydrogens (primary N) is 1. The molecule has 60 valence electrons. The third-order valence-corrected chi connectivity index (χ3v) is 1.92. The number of rotatable bonds is 1. The lowest BCUT2D eigenvalue weighted by Crippen LogP contribution is -2.00. The van der Waals surface area contributed by atoms with Gasteiger partial charge in [0.25, 0.3) is 0 Å². The predicted octanol–water partition coefficient (Wildman–Crippen LogP) is 2.18. The number of hydrogen-bond acceptors (Lipinski definition) is 3. The first kappa shape index (κ1) is 10.4. The Hall–Kier alpha value is -0.580. The summed E-state index contributed by atoms with van der Waals surface area (Å²) < 4.78 is 0.464. The van der Waals surface area contributed by atoms with Gasteiger partial charge in [-0.05, 0) is 12.1 Å². The topological polar surface area (TPSA) is 61.0 Å². The Morgan fingerprint density at radius 1 is 1.27 bits per heavy atom. The maximum absolute atomic E-state index is 5.32. The summed E-state index contributed by atoms with van der Waals surface area (Å²) in [4.78, 5) is 1.09. The Kier molecular flexibility index (Phi) is 4.85. The maximum atomic E-state index is 5.32. The molecule has 0 spiro atoms. The summed E-state index contributed by atoms with van der Waals surface area (Å²) >= 11 is 6.13. The summed E-state index contributed by atoms with van der Waals surface area (Å²) in [6.45, 7) is 0. The zero-order chi connectivity index (χ0) is 7.40. The fraction of sp³-hybridized carbons (Fsp3) is 0. The van der Waals surface area contributed by atoms with Crippen LogP contribution in [0.3, 0.4) is 0 Å². The van der Waals surface area contributed by atoms with Gasteiger partial charge in [-0.3, -0.25) is 0 Å². The molecule has 0 aliphatic carbocycles. The van der Waals surface area contributed by atoms with E-state index in [1.165, 1.54) is 11.8 Å². The zero-order valence-electron chi connectivity index (χ0n) is 5.99. The predicted molar refractivity (Wildman–Crippen MR) is 54.1 cm³/mol. The minimum Gasteiger partial charge on any atom is -0.384 e. The fourth-order valence-electron chi connectivity index (χ4n) is 0.605. The summed E-state index contributed by atoms with van der Waals surface area (Å²) in [5.74, 6) is 0. The van der Waals surface area contributed by atoms with Gasteiger partial charge in [-0.1, -0.05) is 42.2 Å². The van der Waals surface area contributed by atoms with Crippen LogP contribution < -0.4 is 11.9 Å². The zero-order valence-corrected chi connectivity index (χ0v) is 7.62. The van der Waals surface area contributed by atoms with E-state index in [4.69, 9.17) is 18.0 Å². The maximum Gasteiger partial charge on any atom is 0.135 e. The van der Waals surface area contributed by atoms with Crippen LogP contribution in [0, 0.1) is 0 Å². The third kappa shape index (κ3) is 3.98. The molecule has 0 heterocycles. The minimum atomic E-state index is 0. The van der Waals surface area contributed by atoms with E-state index in [1.807, 2.05) is 30.3 Å². The average molecular weight is 186 g/mol. The van der Waals surface area contributed by atoms with Crippen molar-refractivity contribution in [2.24, 2.45) is 5.73 Å². The quantitative estimate of drug-likeness (QED) is 0.521. The molecule has 0 aromatic heterocycles. The summed E-state index contributed by atoms with van der Waals surface area (Å²) in [6, 6.07) is 9.83. The van der Waals surface area contributed by atoms with E-state index in [0.717, 1.165) is 4.90 Å². The molecule has 0 aliphatic heterocycles. The van der Waals surface area contributed by atoms with Crippen LogP contribution in [0.5, 0.6) is 0 Å². The second-order valence-corrected chi connectivity index (χ2v) is 3.55. The van der Waals surface area contributed by atoms with Gasteiger partial charge in [-0.15, -0.1) is 0 Å². The van der Waals surface area contributed by atoms with E-state index in [-0.39, 0.29) is 6.15 Å². The molecule has 0 fully saturated rings. The molecule has 0 radical (unpaired) electrons. The summed E-state index contributed by atoms with van der Waals surface area (Å²) in [5, 5.41) is 0. The van der Waals surface area contributed by atoms with Crippen LogP contribution in [0.1, 0.15) is 0 Å². The van der Waals surface area contributed by atoms with Gasteiger partial charge in [0.2, 0.25) is 0 Å². The Bertz CT molecular complexity index is 223. The van der Waals surface area contributed by atoms with Gasteiger partial charge in [0.15, 0.2) is 0 Å². The van der Waals surface area contributed by atoms with Crippen LogP contribution in [-0.4, -0.2) is 4.32 Å². The van der Waals surface area contributed by atoms with Crippen LogP contribution in [0.15, 0.2) is 35.2 Å². The number of thioether (sulfide) groups is 1. The van der Waals surface area contributed by atoms with Crippen molar-refractivity contribution in [3.05, 3.63) is 30.3 Å². The average Bonchev–Trinajstić information content (AvgIpc) is 1.88. The number of benzene rings is 1. The van der Waals surface area contributed by atoms with Gasteiger partial charge in [0, 0.05) is 4.90 Å². The van der Waals surface area contributed by atoms with E-state index in [0.29, 0.717) is 4.32 Å². The van der Waals surface area contributed by atoms with Crippen molar-refractivity contribution in [1.82, 2.24) is 6.15 Å². The Balaban J connectivity index is 0.000001000. The molecule has 0 saturated heterocycles. The molecule has 0 amide bonds. The van der Waals surface area contributed by atoms with Crippen molar-refractivity contribution < 1.29 is 0 Å². The van der Waals surface area contributed by atoms with Gasteiger partial charge in [-0.2, -0.15) is 0 Å². The standard InChI is InChI=1S/C7H7NS2.H3N/c8-7(9)10-6-4-2-1-3-5-6;/h1-5H,(H2,8,9);1H3. The van der Waals surface area contributed by atoms with Crippen molar-refractivity contribution in [2.75, 3.05) is 0 Å². The van der Waals surface area contributed by atoms with Crippen LogP contribution >= 0.6 is 24.0 Å². The molecular weight excluding hydrogens is 176 g/mol. The molecule has 1 aromatic rings. The van der Waals surface area contributed by atoms with Crippen LogP contribution in [0.25, 0.3) is 0 Å². The van der Waals surface area contributed by atoms with Gasteiger partial charge >= 0.3 is 0 Å². The summed E-state index contributed by atoms with van der Waals surface area (Å²) in [6.07, 6.45) is 0. The first-order chi connectivity index (χ1) is 4.79. The Morgan fingerprint density at radius 2 is 1.82 bits per heavy atom. The van der Waals surface area contributed by atoms with Crippen LogP contribution in [-0.2, 0) is 0 Å². The highest BCUT2D eigenvalue weighted by Gasteiger charge is 1.91. The Labute approximate surface area is 75.8 Å². The summed E-state index contributed by atoms with van der Waals surface area (Å²) in [5.41, 5.74) is 5.32. The number of thiocarbonyl (C=S) groups is 1. The van der Waals surface area contributed by atoms with Crippen molar-refractivity contribution in [2.45, 2.75) is 4.90 Å². The smallest absolute Gasteiger partial charge is 0.135 e. The molecule has 4 heteroatoms. The molecule has 5 N–H and O–H groups in total. The molecule has 0 unspecified atom stereocenters. The first-order valence-electron chi connectivity index (χ1n) is 2.81. The Morgan fingerprint density at radius 3 is 2.27 bits per heavy atom. The monoisotopic (exact) mass is 186 g/mol. The minimum absolute atomic E-state index is 0. The van der Waals surface area contributed by atoms with Gasteiger partial charge < -0.3 is 11.9 Å². The highest BCUT2D eigenvalue weighted by Crippen LogP contribution is 2.15. The molecule has 1 aromatic carbocycles. The molecule has 0 atom stereocenters. The van der Waals surface area contributed by atoms with Crippen molar-refractivity contribution in [1.29, 1.82) is 0 Å². The molecule has 0 aliphatic rings. The van der Waals surface area contributed by atoms with Crippen LogP contribution in [0.2, 0.25) is 0 Å². The molecule has 1 rings (SSSR count). The summed E-state index contributed by atoms with van der Waals surface area (Å²) in [7, 11) is 0. The molecule has 0 bridgehead atoms. The lowest BCUT2D eigenvalue weighted by Gasteiger charge is -1.95. The third-order valence-electron chi connectivity index (χ3n) is 0.962. The highest BCUT2D eigenvalue weighted by molar-refractivity contribution is 8.22. The molecular formula is C7H10N2S2. The second-order valence-electron chi connectivity index (χ2n) is 1.73. The van der Waals surface area contributed by atoms with E-state index >= 15 is 0 Å². The molecule has 0 saturated carbocycles.